The van der Waals surface area contributed by atoms with E-state index in [4.69, 9.17) is 4.42 Å². The first-order valence-electron chi connectivity index (χ1n) is 8.25. The maximum Gasteiger partial charge on any atom is 0.121 e. The molecule has 1 aliphatic heterocycles. The minimum absolute atomic E-state index is 0.476. The van der Waals surface area contributed by atoms with Crippen molar-refractivity contribution in [3.63, 3.8) is 0 Å². The molecule has 1 aromatic heterocycles. The highest BCUT2D eigenvalue weighted by atomic mass is 16.3. The van der Waals surface area contributed by atoms with E-state index in [9.17, 15) is 0 Å². The van der Waals surface area contributed by atoms with Crippen molar-refractivity contribution in [2.45, 2.75) is 50.6 Å². The van der Waals surface area contributed by atoms with Crippen molar-refractivity contribution < 1.29 is 4.42 Å². The first-order valence-corrected chi connectivity index (χ1v) is 8.25. The standard InChI is InChI=1S/C17H26N2O/c1-11-9-14(11)15-5-6-16(20-15)17-12(7-8-19(17)2)10-18-13-3-4-13/h5-6,11-14,17-18H,3-4,7-10H2,1-2H3. The Labute approximate surface area is 121 Å². The fraction of sp³-hybridized carbons (Fsp3) is 0.765. The van der Waals surface area contributed by atoms with Crippen molar-refractivity contribution >= 4 is 0 Å². The van der Waals surface area contributed by atoms with Crippen LogP contribution in [-0.4, -0.2) is 31.1 Å². The maximum absolute atomic E-state index is 6.22. The van der Waals surface area contributed by atoms with E-state index in [1.54, 1.807) is 0 Å². The van der Waals surface area contributed by atoms with E-state index in [1.165, 1.54) is 43.7 Å². The average Bonchev–Trinajstić information content (AvgIpc) is 3.31. The molecule has 0 radical (unpaired) electrons. The number of nitrogens with zero attached hydrogens (tertiary/aromatic N) is 1. The van der Waals surface area contributed by atoms with Gasteiger partial charge in [-0.1, -0.05) is 6.92 Å². The van der Waals surface area contributed by atoms with Crippen LogP contribution < -0.4 is 5.32 Å². The molecule has 3 heteroatoms. The predicted octanol–water partition coefficient (Wildman–Crippen LogP) is 3.15. The van der Waals surface area contributed by atoms with Crippen LogP contribution in [0.25, 0.3) is 0 Å². The monoisotopic (exact) mass is 274 g/mol. The maximum atomic E-state index is 6.22. The van der Waals surface area contributed by atoms with Gasteiger partial charge in [-0.05, 0) is 63.2 Å². The predicted molar refractivity (Wildman–Crippen MR) is 79.7 cm³/mol. The Balaban J connectivity index is 1.47. The molecule has 4 atom stereocenters. The molecule has 3 aliphatic rings. The van der Waals surface area contributed by atoms with Crippen LogP contribution >= 0.6 is 0 Å². The molecule has 2 aliphatic carbocycles. The summed E-state index contributed by atoms with van der Waals surface area (Å²) in [5.41, 5.74) is 0. The second kappa shape index (κ2) is 4.88. The largest absolute Gasteiger partial charge is 0.464 e. The van der Waals surface area contributed by atoms with E-state index in [0.29, 0.717) is 17.9 Å². The third-order valence-electron chi connectivity index (χ3n) is 5.43. The van der Waals surface area contributed by atoms with Crippen molar-refractivity contribution in [3.8, 4) is 0 Å². The first-order chi connectivity index (χ1) is 9.72. The Morgan fingerprint density at radius 2 is 2.00 bits per heavy atom. The average molecular weight is 274 g/mol. The fourth-order valence-corrected chi connectivity index (χ4v) is 3.74. The summed E-state index contributed by atoms with van der Waals surface area (Å²) in [5.74, 6) is 4.64. The van der Waals surface area contributed by atoms with E-state index in [-0.39, 0.29) is 0 Å². The zero-order chi connectivity index (χ0) is 13.7. The van der Waals surface area contributed by atoms with Crippen LogP contribution in [0.2, 0.25) is 0 Å². The second-order valence-electron chi connectivity index (χ2n) is 7.22. The summed E-state index contributed by atoms with van der Waals surface area (Å²) in [4.78, 5) is 2.47. The Kier molecular flexibility index (Phi) is 3.15. The fourth-order valence-electron chi connectivity index (χ4n) is 3.74. The molecule has 20 heavy (non-hydrogen) atoms. The van der Waals surface area contributed by atoms with Crippen LogP contribution in [0.5, 0.6) is 0 Å². The third kappa shape index (κ3) is 2.42. The van der Waals surface area contributed by atoms with E-state index >= 15 is 0 Å². The number of rotatable bonds is 5. The van der Waals surface area contributed by atoms with Crippen LogP contribution in [0, 0.1) is 11.8 Å². The lowest BCUT2D eigenvalue weighted by Crippen LogP contribution is -2.29. The highest BCUT2D eigenvalue weighted by molar-refractivity contribution is 5.20. The van der Waals surface area contributed by atoms with Gasteiger partial charge in [0.05, 0.1) is 6.04 Å². The van der Waals surface area contributed by atoms with Crippen molar-refractivity contribution in [2.24, 2.45) is 11.8 Å². The minimum atomic E-state index is 0.476. The summed E-state index contributed by atoms with van der Waals surface area (Å²) < 4.78 is 6.22. The van der Waals surface area contributed by atoms with Gasteiger partial charge >= 0.3 is 0 Å². The summed E-state index contributed by atoms with van der Waals surface area (Å²) in [6, 6.07) is 5.74. The van der Waals surface area contributed by atoms with Gasteiger partial charge in [0.25, 0.3) is 0 Å². The molecule has 1 N–H and O–H groups in total. The summed E-state index contributed by atoms with van der Waals surface area (Å²) in [5, 5.41) is 3.70. The smallest absolute Gasteiger partial charge is 0.121 e. The van der Waals surface area contributed by atoms with Crippen LogP contribution in [-0.2, 0) is 0 Å². The third-order valence-corrected chi connectivity index (χ3v) is 5.43. The minimum Gasteiger partial charge on any atom is -0.464 e. The van der Waals surface area contributed by atoms with Crippen LogP contribution in [0.4, 0.5) is 0 Å². The van der Waals surface area contributed by atoms with E-state index in [1.807, 2.05) is 0 Å². The number of hydrogen-bond donors (Lipinski definition) is 1. The molecule has 1 saturated heterocycles. The molecule has 0 amide bonds. The Hall–Kier alpha value is -0.800. The Morgan fingerprint density at radius 3 is 2.70 bits per heavy atom. The summed E-state index contributed by atoms with van der Waals surface area (Å²) in [6.07, 6.45) is 5.34. The quantitative estimate of drug-likeness (QED) is 0.894. The normalized spacial score (nSPS) is 37.5. The molecule has 110 valence electrons. The SMILES string of the molecule is CC1CC1c1ccc(C2C(CNC3CC3)CCN2C)o1. The lowest BCUT2D eigenvalue weighted by atomic mass is 9.98. The van der Waals surface area contributed by atoms with Gasteiger partial charge in [-0.2, -0.15) is 0 Å². The van der Waals surface area contributed by atoms with Crippen molar-refractivity contribution in [2.75, 3.05) is 20.1 Å². The number of hydrogen-bond acceptors (Lipinski definition) is 3. The molecule has 4 rings (SSSR count). The summed E-state index contributed by atoms with van der Waals surface area (Å²) >= 11 is 0. The molecule has 3 nitrogen and oxygen atoms in total. The van der Waals surface area contributed by atoms with Crippen LogP contribution in [0.3, 0.4) is 0 Å². The van der Waals surface area contributed by atoms with Gasteiger partial charge in [0.2, 0.25) is 0 Å². The summed E-state index contributed by atoms with van der Waals surface area (Å²) in [6.45, 7) is 4.66. The van der Waals surface area contributed by atoms with Crippen LogP contribution in [0.15, 0.2) is 16.5 Å². The van der Waals surface area contributed by atoms with Gasteiger partial charge in [-0.25, -0.2) is 0 Å². The van der Waals surface area contributed by atoms with Gasteiger partial charge in [0, 0.05) is 18.5 Å². The Morgan fingerprint density at radius 1 is 1.25 bits per heavy atom. The molecule has 0 aromatic carbocycles. The molecule has 3 fully saturated rings. The Bertz CT molecular complexity index is 479. The zero-order valence-electron chi connectivity index (χ0n) is 12.6. The van der Waals surface area contributed by atoms with Gasteiger partial charge < -0.3 is 9.73 Å². The van der Waals surface area contributed by atoms with Gasteiger partial charge in [-0.15, -0.1) is 0 Å². The zero-order valence-corrected chi connectivity index (χ0v) is 12.6. The first kappa shape index (κ1) is 12.9. The molecule has 1 aromatic rings. The second-order valence-corrected chi connectivity index (χ2v) is 7.22. The lowest BCUT2D eigenvalue weighted by molar-refractivity contribution is 0.230. The number of likely N-dealkylation sites (tertiary alicyclic amines) is 1. The van der Waals surface area contributed by atoms with Gasteiger partial charge in [0.15, 0.2) is 0 Å². The van der Waals surface area contributed by atoms with Crippen molar-refractivity contribution in [1.29, 1.82) is 0 Å². The van der Waals surface area contributed by atoms with E-state index < -0.39 is 0 Å². The molecule has 0 spiro atoms. The highest BCUT2D eigenvalue weighted by Crippen LogP contribution is 2.48. The summed E-state index contributed by atoms with van der Waals surface area (Å²) in [7, 11) is 2.24. The molecule has 2 heterocycles. The lowest BCUT2D eigenvalue weighted by Gasteiger charge is -2.23. The van der Waals surface area contributed by atoms with Gasteiger partial charge in [0.1, 0.15) is 11.5 Å². The highest BCUT2D eigenvalue weighted by Gasteiger charge is 2.39. The topological polar surface area (TPSA) is 28.4 Å². The number of furan rings is 1. The van der Waals surface area contributed by atoms with Crippen molar-refractivity contribution in [1.82, 2.24) is 10.2 Å². The van der Waals surface area contributed by atoms with Crippen molar-refractivity contribution in [3.05, 3.63) is 23.7 Å². The molecule has 2 saturated carbocycles. The number of nitrogens with one attached hydrogen (secondary N) is 1. The molecular formula is C17H26N2O. The molecule has 0 bridgehead atoms. The van der Waals surface area contributed by atoms with Crippen LogP contribution in [0.1, 0.15) is 56.1 Å². The van der Waals surface area contributed by atoms with Gasteiger partial charge in [-0.3, -0.25) is 4.90 Å². The molecule has 4 unspecified atom stereocenters. The van der Waals surface area contributed by atoms with E-state index in [2.05, 4.69) is 36.3 Å². The molecular weight excluding hydrogens is 248 g/mol. The van der Waals surface area contributed by atoms with E-state index in [0.717, 1.165) is 18.5 Å².